The summed E-state index contributed by atoms with van der Waals surface area (Å²) in [5.41, 5.74) is 6.11. The second kappa shape index (κ2) is 4.80. The van der Waals surface area contributed by atoms with Crippen molar-refractivity contribution in [2.45, 2.75) is 25.0 Å². The van der Waals surface area contributed by atoms with Crippen LogP contribution in [0.15, 0.2) is 61.1 Å². The first kappa shape index (κ1) is 13.1. The Hall–Kier alpha value is -2.39. The maximum Gasteiger partial charge on any atom is 0.0956 e. The SMILES string of the molecule is O[C@@H]1c2ccccc2CC[C@@H]1[C@H]1c2ccccc2-c2cncn21. The molecule has 0 saturated carbocycles. The predicted molar refractivity (Wildman–Crippen MR) is 89.0 cm³/mol. The van der Waals surface area contributed by atoms with E-state index < -0.39 is 6.10 Å². The summed E-state index contributed by atoms with van der Waals surface area (Å²) >= 11 is 0. The van der Waals surface area contributed by atoms with E-state index in [-0.39, 0.29) is 12.0 Å². The lowest BCUT2D eigenvalue weighted by Gasteiger charge is -2.35. The highest BCUT2D eigenvalue weighted by Crippen LogP contribution is 2.49. The van der Waals surface area contributed by atoms with Crippen LogP contribution in [0.4, 0.5) is 0 Å². The van der Waals surface area contributed by atoms with Crippen LogP contribution >= 0.6 is 0 Å². The van der Waals surface area contributed by atoms with Crippen LogP contribution in [-0.4, -0.2) is 14.7 Å². The van der Waals surface area contributed by atoms with Crippen LogP contribution in [0.1, 0.15) is 35.3 Å². The van der Waals surface area contributed by atoms with Crippen molar-refractivity contribution in [3.63, 3.8) is 0 Å². The van der Waals surface area contributed by atoms with E-state index in [0.29, 0.717) is 0 Å². The van der Waals surface area contributed by atoms with Crippen molar-refractivity contribution in [1.82, 2.24) is 9.55 Å². The number of aliphatic hydroxyl groups excluding tert-OH is 1. The van der Waals surface area contributed by atoms with Crippen LogP contribution in [0.25, 0.3) is 11.3 Å². The summed E-state index contributed by atoms with van der Waals surface area (Å²) in [4.78, 5) is 4.34. The van der Waals surface area contributed by atoms with E-state index in [9.17, 15) is 5.11 Å². The van der Waals surface area contributed by atoms with Crippen molar-refractivity contribution < 1.29 is 5.11 Å². The van der Waals surface area contributed by atoms with Gasteiger partial charge in [0, 0.05) is 11.5 Å². The Morgan fingerprint density at radius 1 is 1.00 bits per heavy atom. The molecular formula is C20H18N2O. The number of aromatic nitrogens is 2. The lowest BCUT2D eigenvalue weighted by molar-refractivity contribution is 0.0720. The molecule has 0 radical (unpaired) electrons. The Kier molecular flexibility index (Phi) is 2.73. The van der Waals surface area contributed by atoms with Gasteiger partial charge in [0.2, 0.25) is 0 Å². The van der Waals surface area contributed by atoms with E-state index in [4.69, 9.17) is 0 Å². The summed E-state index contributed by atoms with van der Waals surface area (Å²) in [6, 6.07) is 17.0. The molecule has 1 aromatic heterocycles. The molecule has 0 bridgehead atoms. The fraction of sp³-hybridized carbons (Fsp3) is 0.250. The molecule has 5 rings (SSSR count). The number of aryl methyl sites for hydroxylation is 1. The van der Waals surface area contributed by atoms with Crippen LogP contribution in [-0.2, 0) is 6.42 Å². The zero-order valence-corrected chi connectivity index (χ0v) is 12.8. The van der Waals surface area contributed by atoms with Crippen molar-refractivity contribution in [1.29, 1.82) is 0 Å². The molecule has 2 aromatic carbocycles. The quantitative estimate of drug-likeness (QED) is 0.743. The number of hydrogen-bond acceptors (Lipinski definition) is 2. The molecule has 3 atom stereocenters. The van der Waals surface area contributed by atoms with Gasteiger partial charge in [-0.2, -0.15) is 0 Å². The van der Waals surface area contributed by atoms with Crippen molar-refractivity contribution >= 4 is 0 Å². The average Bonchev–Trinajstić information content (AvgIpc) is 3.17. The summed E-state index contributed by atoms with van der Waals surface area (Å²) in [6.07, 6.45) is 5.44. The Balaban J connectivity index is 1.64. The third-order valence-electron chi connectivity index (χ3n) is 5.45. The number of aliphatic hydroxyl groups is 1. The van der Waals surface area contributed by atoms with Gasteiger partial charge in [-0.05, 0) is 29.5 Å². The van der Waals surface area contributed by atoms with Crippen LogP contribution < -0.4 is 0 Å². The van der Waals surface area contributed by atoms with E-state index in [0.717, 1.165) is 24.1 Å². The van der Waals surface area contributed by atoms with E-state index in [2.05, 4.69) is 52.0 Å². The Labute approximate surface area is 135 Å². The van der Waals surface area contributed by atoms with E-state index >= 15 is 0 Å². The highest BCUT2D eigenvalue weighted by Gasteiger charge is 2.40. The van der Waals surface area contributed by atoms with Gasteiger partial charge < -0.3 is 9.67 Å². The monoisotopic (exact) mass is 302 g/mol. The molecule has 0 unspecified atom stereocenters. The molecule has 0 amide bonds. The van der Waals surface area contributed by atoms with Gasteiger partial charge in [0.15, 0.2) is 0 Å². The van der Waals surface area contributed by atoms with Gasteiger partial charge in [0.25, 0.3) is 0 Å². The number of imidazole rings is 1. The first-order valence-electron chi connectivity index (χ1n) is 8.21. The second-order valence-electron chi connectivity index (χ2n) is 6.56. The zero-order valence-electron chi connectivity index (χ0n) is 12.8. The molecule has 0 saturated heterocycles. The van der Waals surface area contributed by atoms with E-state index in [1.54, 1.807) is 0 Å². The van der Waals surface area contributed by atoms with Crippen LogP contribution in [0.5, 0.6) is 0 Å². The topological polar surface area (TPSA) is 38.1 Å². The molecule has 23 heavy (non-hydrogen) atoms. The van der Waals surface area contributed by atoms with Gasteiger partial charge in [0.1, 0.15) is 0 Å². The number of nitrogens with zero attached hydrogens (tertiary/aromatic N) is 2. The number of benzene rings is 2. The number of fused-ring (bicyclic) bond motifs is 4. The van der Waals surface area contributed by atoms with Gasteiger partial charge in [-0.3, -0.25) is 0 Å². The Morgan fingerprint density at radius 3 is 2.70 bits per heavy atom. The molecule has 0 spiro atoms. The minimum atomic E-state index is -0.425. The first-order valence-corrected chi connectivity index (χ1v) is 8.21. The van der Waals surface area contributed by atoms with Gasteiger partial charge in [0.05, 0.1) is 30.4 Å². The van der Waals surface area contributed by atoms with Crippen molar-refractivity contribution in [3.8, 4) is 11.3 Å². The summed E-state index contributed by atoms with van der Waals surface area (Å²) < 4.78 is 2.24. The molecule has 3 nitrogen and oxygen atoms in total. The molecule has 2 heterocycles. The van der Waals surface area contributed by atoms with Gasteiger partial charge >= 0.3 is 0 Å². The summed E-state index contributed by atoms with van der Waals surface area (Å²) in [6.45, 7) is 0. The number of hydrogen-bond donors (Lipinski definition) is 1. The molecule has 1 aliphatic carbocycles. The molecule has 1 aliphatic heterocycles. The van der Waals surface area contributed by atoms with Crippen molar-refractivity contribution in [2.24, 2.45) is 5.92 Å². The third-order valence-corrected chi connectivity index (χ3v) is 5.45. The smallest absolute Gasteiger partial charge is 0.0956 e. The van der Waals surface area contributed by atoms with E-state index in [1.807, 2.05) is 18.6 Å². The van der Waals surface area contributed by atoms with Gasteiger partial charge in [-0.1, -0.05) is 48.5 Å². The zero-order chi connectivity index (χ0) is 15.4. The lowest BCUT2D eigenvalue weighted by Crippen LogP contribution is -2.28. The summed E-state index contributed by atoms with van der Waals surface area (Å²) in [5, 5.41) is 11.0. The Morgan fingerprint density at radius 2 is 1.78 bits per heavy atom. The molecule has 114 valence electrons. The second-order valence-corrected chi connectivity index (χ2v) is 6.56. The van der Waals surface area contributed by atoms with Crippen LogP contribution in [0.3, 0.4) is 0 Å². The molecule has 1 N–H and O–H groups in total. The number of rotatable bonds is 1. The lowest BCUT2D eigenvalue weighted by atomic mass is 9.76. The van der Waals surface area contributed by atoms with Crippen LogP contribution in [0, 0.1) is 5.92 Å². The average molecular weight is 302 g/mol. The summed E-state index contributed by atoms with van der Waals surface area (Å²) in [5.74, 6) is 0.182. The molecule has 0 fully saturated rings. The maximum absolute atomic E-state index is 11.0. The van der Waals surface area contributed by atoms with Crippen molar-refractivity contribution in [2.75, 3.05) is 0 Å². The fourth-order valence-corrected chi connectivity index (χ4v) is 4.40. The third kappa shape index (κ3) is 1.77. The van der Waals surface area contributed by atoms with E-state index in [1.165, 1.54) is 16.7 Å². The predicted octanol–water partition coefficient (Wildman–Crippen LogP) is 3.75. The van der Waals surface area contributed by atoms with Gasteiger partial charge in [-0.15, -0.1) is 0 Å². The van der Waals surface area contributed by atoms with Gasteiger partial charge in [-0.25, -0.2) is 4.98 Å². The summed E-state index contributed by atoms with van der Waals surface area (Å²) in [7, 11) is 0. The normalized spacial score (nSPS) is 24.8. The largest absolute Gasteiger partial charge is 0.388 e. The Bertz CT molecular complexity index is 883. The maximum atomic E-state index is 11.0. The molecule has 2 aliphatic rings. The fourth-order valence-electron chi connectivity index (χ4n) is 4.40. The highest BCUT2D eigenvalue weighted by molar-refractivity contribution is 5.69. The molecular weight excluding hydrogens is 284 g/mol. The minimum Gasteiger partial charge on any atom is -0.388 e. The molecule has 3 heteroatoms. The first-order chi connectivity index (χ1) is 11.3. The minimum absolute atomic E-state index is 0.173. The standard InChI is InChI=1S/C20H18N2O/c23-20-14-6-2-1-5-13(14)9-10-17(20)19-16-8-4-3-7-15(16)18-11-21-12-22(18)19/h1-8,11-12,17,19-20,23H,9-10H2/t17-,19-,20-/m1/s1. The van der Waals surface area contributed by atoms with Crippen molar-refractivity contribution in [3.05, 3.63) is 77.7 Å². The highest BCUT2D eigenvalue weighted by atomic mass is 16.3. The van der Waals surface area contributed by atoms with Crippen LogP contribution in [0.2, 0.25) is 0 Å². The molecule has 3 aromatic rings.